The van der Waals surface area contributed by atoms with Gasteiger partial charge in [0.05, 0.1) is 19.4 Å². The van der Waals surface area contributed by atoms with Gasteiger partial charge in [0.1, 0.15) is 5.76 Å². The van der Waals surface area contributed by atoms with E-state index in [-0.39, 0.29) is 0 Å². The molecule has 0 amide bonds. The molecule has 0 aliphatic rings. The largest absolute Gasteiger partial charge is 0.500 e. The fourth-order valence-electron chi connectivity index (χ4n) is 1.77. The van der Waals surface area contributed by atoms with E-state index in [1.54, 1.807) is 7.11 Å². The molecule has 2 heteroatoms. The molecule has 0 fully saturated rings. The summed E-state index contributed by atoms with van der Waals surface area (Å²) in [5, 5.41) is 0. The van der Waals surface area contributed by atoms with Gasteiger partial charge in [0.15, 0.2) is 0 Å². The molecular formula is C17H17NO. The van der Waals surface area contributed by atoms with Gasteiger partial charge in [-0.15, -0.1) is 0 Å². The summed E-state index contributed by atoms with van der Waals surface area (Å²) in [7, 11) is 1.61. The Kier molecular flexibility index (Phi) is 4.51. The van der Waals surface area contributed by atoms with E-state index < -0.39 is 0 Å². The zero-order valence-electron chi connectivity index (χ0n) is 11.0. The maximum Gasteiger partial charge on any atom is 0.110 e. The van der Waals surface area contributed by atoms with Crippen LogP contribution in [-0.2, 0) is 4.74 Å². The Morgan fingerprint density at radius 1 is 0.947 bits per heavy atom. The first kappa shape index (κ1) is 13.1. The summed E-state index contributed by atoms with van der Waals surface area (Å²) < 4.78 is 5.07. The maximum absolute atomic E-state index is 5.07. The molecule has 0 heterocycles. The van der Waals surface area contributed by atoms with Crippen molar-refractivity contribution in [3.8, 4) is 0 Å². The van der Waals surface area contributed by atoms with E-state index in [0.29, 0.717) is 12.3 Å². The third-order valence-corrected chi connectivity index (χ3v) is 2.80. The molecule has 2 aromatic rings. The first-order valence-electron chi connectivity index (χ1n) is 6.18. The third-order valence-electron chi connectivity index (χ3n) is 2.80. The van der Waals surface area contributed by atoms with Crippen LogP contribution in [-0.4, -0.2) is 19.4 Å². The summed E-state index contributed by atoms with van der Waals surface area (Å²) in [6, 6.07) is 20.3. The fraction of sp³-hybridized carbons (Fsp3) is 0.118. The standard InChI is InChI=1S/C17H17NO/c1-14(19-2)13-18-17(15-9-5-3-6-10-15)16-11-7-4-8-12-16/h3-12H,1,13H2,2H3. The van der Waals surface area contributed by atoms with Gasteiger partial charge < -0.3 is 4.74 Å². The monoisotopic (exact) mass is 251 g/mol. The number of methoxy groups -OCH3 is 1. The number of aliphatic imine (C=N–C) groups is 1. The molecule has 0 bridgehead atoms. The van der Waals surface area contributed by atoms with Crippen LogP contribution in [0.1, 0.15) is 11.1 Å². The van der Waals surface area contributed by atoms with Gasteiger partial charge in [-0.25, -0.2) is 0 Å². The van der Waals surface area contributed by atoms with E-state index >= 15 is 0 Å². The number of hydrogen-bond acceptors (Lipinski definition) is 2. The lowest BCUT2D eigenvalue weighted by molar-refractivity contribution is 0.289. The van der Waals surface area contributed by atoms with Gasteiger partial charge in [0.2, 0.25) is 0 Å². The fourth-order valence-corrected chi connectivity index (χ4v) is 1.77. The molecule has 2 aromatic carbocycles. The Bertz CT molecular complexity index is 517. The molecule has 0 saturated carbocycles. The van der Waals surface area contributed by atoms with Gasteiger partial charge in [-0.05, 0) is 0 Å². The zero-order valence-corrected chi connectivity index (χ0v) is 11.0. The second kappa shape index (κ2) is 6.55. The van der Waals surface area contributed by atoms with E-state index in [2.05, 4.69) is 35.8 Å². The van der Waals surface area contributed by atoms with Crippen molar-refractivity contribution in [3.63, 3.8) is 0 Å². The van der Waals surface area contributed by atoms with Crippen LogP contribution in [0.5, 0.6) is 0 Å². The molecule has 0 aromatic heterocycles. The molecule has 2 nitrogen and oxygen atoms in total. The molecule has 0 radical (unpaired) electrons. The lowest BCUT2D eigenvalue weighted by Crippen LogP contribution is -2.05. The highest BCUT2D eigenvalue weighted by Crippen LogP contribution is 2.11. The van der Waals surface area contributed by atoms with Crippen molar-refractivity contribution in [1.29, 1.82) is 0 Å². The number of rotatable bonds is 5. The molecule has 0 aliphatic carbocycles. The second-order valence-electron chi connectivity index (χ2n) is 4.14. The summed E-state index contributed by atoms with van der Waals surface area (Å²) in [5.74, 6) is 0.657. The van der Waals surface area contributed by atoms with E-state index in [9.17, 15) is 0 Å². The summed E-state index contributed by atoms with van der Waals surface area (Å²) in [6.07, 6.45) is 0. The van der Waals surface area contributed by atoms with E-state index in [1.165, 1.54) is 0 Å². The highest BCUT2D eigenvalue weighted by molar-refractivity contribution is 6.12. The van der Waals surface area contributed by atoms with Gasteiger partial charge >= 0.3 is 0 Å². The predicted molar refractivity (Wildman–Crippen MR) is 79.5 cm³/mol. The Labute approximate surface area is 114 Å². The molecule has 96 valence electrons. The van der Waals surface area contributed by atoms with Crippen LogP contribution < -0.4 is 0 Å². The Balaban J connectivity index is 2.37. The smallest absolute Gasteiger partial charge is 0.110 e. The predicted octanol–water partition coefficient (Wildman–Crippen LogP) is 3.68. The van der Waals surface area contributed by atoms with Gasteiger partial charge in [-0.3, -0.25) is 4.99 Å². The van der Waals surface area contributed by atoms with Crippen molar-refractivity contribution in [2.24, 2.45) is 4.99 Å². The molecule has 0 unspecified atom stereocenters. The molecule has 0 atom stereocenters. The highest BCUT2D eigenvalue weighted by atomic mass is 16.5. The zero-order chi connectivity index (χ0) is 13.5. The minimum Gasteiger partial charge on any atom is -0.500 e. The molecule has 0 spiro atoms. The van der Waals surface area contributed by atoms with Gasteiger partial charge in [-0.1, -0.05) is 67.2 Å². The van der Waals surface area contributed by atoms with Crippen molar-refractivity contribution in [3.05, 3.63) is 84.1 Å². The van der Waals surface area contributed by atoms with Crippen molar-refractivity contribution in [1.82, 2.24) is 0 Å². The molecule has 0 saturated heterocycles. The van der Waals surface area contributed by atoms with E-state index in [0.717, 1.165) is 16.8 Å². The summed E-state index contributed by atoms with van der Waals surface area (Å²) in [4.78, 5) is 4.63. The normalized spacial score (nSPS) is 9.74. The minimum absolute atomic E-state index is 0.468. The quantitative estimate of drug-likeness (QED) is 0.586. The Morgan fingerprint density at radius 3 is 1.84 bits per heavy atom. The Morgan fingerprint density at radius 2 is 1.42 bits per heavy atom. The topological polar surface area (TPSA) is 21.6 Å². The van der Waals surface area contributed by atoms with Crippen LogP contribution in [0.3, 0.4) is 0 Å². The van der Waals surface area contributed by atoms with Crippen LogP contribution in [0.4, 0.5) is 0 Å². The van der Waals surface area contributed by atoms with Gasteiger partial charge in [0.25, 0.3) is 0 Å². The van der Waals surface area contributed by atoms with Crippen molar-refractivity contribution < 1.29 is 4.74 Å². The minimum atomic E-state index is 0.468. The Hall–Kier alpha value is -2.35. The lowest BCUT2D eigenvalue weighted by Gasteiger charge is -2.08. The average molecular weight is 251 g/mol. The SMILES string of the molecule is C=C(CN=C(c1ccccc1)c1ccccc1)OC. The summed E-state index contributed by atoms with van der Waals surface area (Å²) in [5.41, 5.74) is 3.15. The molecule has 2 rings (SSSR count). The maximum atomic E-state index is 5.07. The van der Waals surface area contributed by atoms with Crippen LogP contribution >= 0.6 is 0 Å². The first-order valence-corrected chi connectivity index (χ1v) is 6.18. The van der Waals surface area contributed by atoms with Crippen LogP contribution in [0.25, 0.3) is 0 Å². The van der Waals surface area contributed by atoms with Crippen molar-refractivity contribution in [2.45, 2.75) is 0 Å². The lowest BCUT2D eigenvalue weighted by atomic mass is 10.0. The average Bonchev–Trinajstić information content (AvgIpc) is 2.49. The highest BCUT2D eigenvalue weighted by Gasteiger charge is 2.05. The van der Waals surface area contributed by atoms with Crippen molar-refractivity contribution >= 4 is 5.71 Å². The van der Waals surface area contributed by atoms with Gasteiger partial charge in [0, 0.05) is 11.1 Å². The number of nitrogens with zero attached hydrogens (tertiary/aromatic N) is 1. The van der Waals surface area contributed by atoms with Gasteiger partial charge in [-0.2, -0.15) is 0 Å². The molecule has 0 N–H and O–H groups in total. The van der Waals surface area contributed by atoms with Crippen molar-refractivity contribution in [2.75, 3.05) is 13.7 Å². The van der Waals surface area contributed by atoms with E-state index in [1.807, 2.05) is 36.4 Å². The van der Waals surface area contributed by atoms with Crippen LogP contribution in [0.2, 0.25) is 0 Å². The number of benzene rings is 2. The molecular weight excluding hydrogens is 234 g/mol. The molecule has 19 heavy (non-hydrogen) atoms. The molecule has 0 aliphatic heterocycles. The second-order valence-corrected chi connectivity index (χ2v) is 4.14. The number of hydrogen-bond donors (Lipinski definition) is 0. The summed E-state index contributed by atoms with van der Waals surface area (Å²) >= 11 is 0. The summed E-state index contributed by atoms with van der Waals surface area (Å²) in [6.45, 7) is 4.27. The van der Waals surface area contributed by atoms with Crippen LogP contribution in [0, 0.1) is 0 Å². The first-order chi connectivity index (χ1) is 9.31. The number of ether oxygens (including phenoxy) is 1. The van der Waals surface area contributed by atoms with Crippen LogP contribution in [0.15, 0.2) is 78.0 Å². The third kappa shape index (κ3) is 3.55. The van der Waals surface area contributed by atoms with E-state index in [4.69, 9.17) is 4.74 Å².